The molecule has 0 aliphatic carbocycles. The molecule has 0 aliphatic rings. The van der Waals surface area contributed by atoms with Crippen LogP contribution >= 0.6 is 0 Å². The molecule has 0 unspecified atom stereocenters. The van der Waals surface area contributed by atoms with Crippen molar-refractivity contribution in [3.8, 4) is 17.6 Å². The average Bonchev–Trinajstić information content (AvgIpc) is 2.52. The Morgan fingerprint density at radius 3 is 2.80 bits per heavy atom. The zero-order valence-electron chi connectivity index (χ0n) is 11.0. The lowest BCUT2D eigenvalue weighted by molar-refractivity contribution is 0.299. The van der Waals surface area contributed by atoms with Crippen molar-refractivity contribution >= 4 is 5.82 Å². The molecule has 0 fully saturated rings. The summed E-state index contributed by atoms with van der Waals surface area (Å²) < 4.78 is 10.7. The van der Waals surface area contributed by atoms with E-state index >= 15 is 0 Å². The van der Waals surface area contributed by atoms with E-state index < -0.39 is 0 Å². The number of methoxy groups -OCH3 is 1. The predicted molar refractivity (Wildman–Crippen MR) is 74.1 cm³/mol. The summed E-state index contributed by atoms with van der Waals surface area (Å²) in [7, 11) is 1.54. The number of benzene rings is 1. The van der Waals surface area contributed by atoms with Gasteiger partial charge in [-0.05, 0) is 24.3 Å². The topological polar surface area (TPSA) is 93.2 Å². The maximum Gasteiger partial charge on any atom is 0.140 e. The van der Waals surface area contributed by atoms with Crippen molar-refractivity contribution in [1.29, 1.82) is 5.26 Å². The monoisotopic (exact) mass is 270 g/mol. The van der Waals surface area contributed by atoms with Crippen LogP contribution < -0.4 is 20.7 Å². The van der Waals surface area contributed by atoms with Crippen LogP contribution in [-0.4, -0.2) is 12.1 Å². The van der Waals surface area contributed by atoms with E-state index in [4.69, 9.17) is 20.6 Å². The number of nitrogens with one attached hydrogen (secondary N) is 1. The van der Waals surface area contributed by atoms with Crippen LogP contribution in [0.5, 0.6) is 11.5 Å². The third-order valence-corrected chi connectivity index (χ3v) is 2.59. The fraction of sp³-hybridized carbons (Fsp3) is 0.143. The summed E-state index contributed by atoms with van der Waals surface area (Å²) >= 11 is 0. The molecular formula is C14H14N4O2. The van der Waals surface area contributed by atoms with E-state index in [1.807, 2.05) is 12.1 Å². The van der Waals surface area contributed by atoms with Gasteiger partial charge >= 0.3 is 0 Å². The molecule has 0 aliphatic heterocycles. The number of nitrogens with zero attached hydrogens (tertiary/aromatic N) is 2. The average molecular weight is 270 g/mol. The molecule has 1 heterocycles. The lowest BCUT2D eigenvalue weighted by Crippen LogP contribution is -2.09. The molecule has 2 aromatic rings. The molecular weight excluding hydrogens is 256 g/mol. The number of hydrogen-bond donors (Lipinski definition) is 2. The minimum atomic E-state index is 0.271. The van der Waals surface area contributed by atoms with Crippen molar-refractivity contribution in [3.63, 3.8) is 0 Å². The SMILES string of the molecule is COc1cc(C#N)cc(OCc2cccc(NN)n2)c1. The lowest BCUT2D eigenvalue weighted by atomic mass is 10.2. The summed E-state index contributed by atoms with van der Waals surface area (Å²) in [5.41, 5.74) is 3.67. The van der Waals surface area contributed by atoms with Gasteiger partial charge in [0.1, 0.15) is 23.9 Å². The Morgan fingerprint density at radius 2 is 2.10 bits per heavy atom. The van der Waals surface area contributed by atoms with Crippen molar-refractivity contribution in [2.75, 3.05) is 12.5 Å². The molecule has 102 valence electrons. The number of rotatable bonds is 5. The lowest BCUT2D eigenvalue weighted by Gasteiger charge is -2.09. The summed E-state index contributed by atoms with van der Waals surface area (Å²) in [5.74, 6) is 6.98. The largest absolute Gasteiger partial charge is 0.497 e. The van der Waals surface area contributed by atoms with Crippen LogP contribution in [-0.2, 0) is 6.61 Å². The quantitative estimate of drug-likeness (QED) is 0.636. The number of nitrogen functional groups attached to an aromatic ring is 1. The van der Waals surface area contributed by atoms with Crippen LogP contribution in [0.15, 0.2) is 36.4 Å². The fourth-order valence-corrected chi connectivity index (χ4v) is 1.64. The number of nitriles is 1. The fourth-order valence-electron chi connectivity index (χ4n) is 1.64. The highest BCUT2D eigenvalue weighted by molar-refractivity contribution is 5.44. The number of aromatic nitrogens is 1. The Hall–Kier alpha value is -2.78. The first-order chi connectivity index (χ1) is 9.75. The van der Waals surface area contributed by atoms with Crippen molar-refractivity contribution < 1.29 is 9.47 Å². The smallest absolute Gasteiger partial charge is 0.140 e. The van der Waals surface area contributed by atoms with Gasteiger partial charge in [-0.2, -0.15) is 5.26 Å². The van der Waals surface area contributed by atoms with Crippen molar-refractivity contribution in [2.24, 2.45) is 5.84 Å². The molecule has 6 heteroatoms. The molecule has 0 spiro atoms. The van der Waals surface area contributed by atoms with Crippen LogP contribution in [0, 0.1) is 11.3 Å². The number of nitrogens with two attached hydrogens (primary N) is 1. The van der Waals surface area contributed by atoms with Gasteiger partial charge in [0, 0.05) is 6.07 Å². The van der Waals surface area contributed by atoms with Gasteiger partial charge in [-0.25, -0.2) is 10.8 Å². The molecule has 0 radical (unpaired) electrons. The summed E-state index contributed by atoms with van der Waals surface area (Å²) in [6.07, 6.45) is 0. The second kappa shape index (κ2) is 6.41. The zero-order chi connectivity index (χ0) is 14.4. The van der Waals surface area contributed by atoms with Crippen molar-refractivity contribution in [2.45, 2.75) is 6.61 Å². The third-order valence-electron chi connectivity index (χ3n) is 2.59. The number of anilines is 1. The molecule has 0 amide bonds. The van der Waals surface area contributed by atoms with E-state index in [0.717, 1.165) is 5.69 Å². The highest BCUT2D eigenvalue weighted by atomic mass is 16.5. The Bertz CT molecular complexity index is 637. The van der Waals surface area contributed by atoms with Crippen LogP contribution in [0.3, 0.4) is 0 Å². The third kappa shape index (κ3) is 3.37. The molecule has 0 bridgehead atoms. The van der Waals surface area contributed by atoms with E-state index in [0.29, 0.717) is 22.9 Å². The minimum absolute atomic E-state index is 0.271. The van der Waals surface area contributed by atoms with Gasteiger partial charge in [0.15, 0.2) is 0 Å². The molecule has 0 saturated heterocycles. The summed E-state index contributed by atoms with van der Waals surface area (Å²) in [6.45, 7) is 0.271. The summed E-state index contributed by atoms with van der Waals surface area (Å²) in [4.78, 5) is 4.23. The Kier molecular flexibility index (Phi) is 4.37. The highest BCUT2D eigenvalue weighted by Gasteiger charge is 2.03. The molecule has 0 atom stereocenters. The first kappa shape index (κ1) is 13.6. The van der Waals surface area contributed by atoms with Gasteiger partial charge in [0.05, 0.1) is 24.4 Å². The second-order valence-electron chi connectivity index (χ2n) is 3.96. The minimum Gasteiger partial charge on any atom is -0.497 e. The number of pyridine rings is 1. The second-order valence-corrected chi connectivity index (χ2v) is 3.96. The molecule has 20 heavy (non-hydrogen) atoms. The van der Waals surface area contributed by atoms with Crippen LogP contribution in [0.1, 0.15) is 11.3 Å². The van der Waals surface area contributed by atoms with Gasteiger partial charge in [-0.15, -0.1) is 0 Å². The van der Waals surface area contributed by atoms with E-state index in [-0.39, 0.29) is 6.61 Å². The Balaban J connectivity index is 2.12. The first-order valence-corrected chi connectivity index (χ1v) is 5.89. The molecule has 3 N–H and O–H groups in total. The maximum atomic E-state index is 8.94. The van der Waals surface area contributed by atoms with Crippen molar-refractivity contribution in [1.82, 2.24) is 4.98 Å². The molecule has 2 rings (SSSR count). The first-order valence-electron chi connectivity index (χ1n) is 5.89. The highest BCUT2D eigenvalue weighted by Crippen LogP contribution is 2.23. The number of ether oxygens (including phenoxy) is 2. The number of hydrogen-bond acceptors (Lipinski definition) is 6. The van der Waals surface area contributed by atoms with Gasteiger partial charge in [-0.1, -0.05) is 6.07 Å². The van der Waals surface area contributed by atoms with Crippen LogP contribution in [0.4, 0.5) is 5.82 Å². The normalized spacial score (nSPS) is 9.65. The predicted octanol–water partition coefficient (Wildman–Crippen LogP) is 1.83. The maximum absolute atomic E-state index is 8.94. The Labute approximate surface area is 116 Å². The van der Waals surface area contributed by atoms with Gasteiger partial charge < -0.3 is 14.9 Å². The molecule has 0 saturated carbocycles. The summed E-state index contributed by atoms with van der Waals surface area (Å²) in [5, 5.41) is 8.94. The number of hydrazine groups is 1. The molecule has 6 nitrogen and oxygen atoms in total. The van der Waals surface area contributed by atoms with E-state index in [1.165, 1.54) is 7.11 Å². The van der Waals surface area contributed by atoms with Crippen LogP contribution in [0.25, 0.3) is 0 Å². The molecule has 1 aromatic heterocycles. The zero-order valence-corrected chi connectivity index (χ0v) is 11.0. The van der Waals surface area contributed by atoms with Gasteiger partial charge in [-0.3, -0.25) is 0 Å². The van der Waals surface area contributed by atoms with Gasteiger partial charge in [0.2, 0.25) is 0 Å². The molecule has 1 aromatic carbocycles. The standard InChI is InChI=1S/C14H14N4O2/c1-19-12-5-10(8-15)6-13(7-12)20-9-11-3-2-4-14(17-11)18-16/h2-7H,9,16H2,1H3,(H,17,18). The van der Waals surface area contributed by atoms with E-state index in [9.17, 15) is 0 Å². The van der Waals surface area contributed by atoms with E-state index in [1.54, 1.807) is 24.3 Å². The van der Waals surface area contributed by atoms with Crippen LogP contribution in [0.2, 0.25) is 0 Å². The van der Waals surface area contributed by atoms with E-state index in [2.05, 4.69) is 16.5 Å². The van der Waals surface area contributed by atoms with Gasteiger partial charge in [0.25, 0.3) is 0 Å². The van der Waals surface area contributed by atoms with Crippen molar-refractivity contribution in [3.05, 3.63) is 47.7 Å². The summed E-state index contributed by atoms with van der Waals surface area (Å²) in [6, 6.07) is 12.5. The Morgan fingerprint density at radius 1 is 1.30 bits per heavy atom.